The number of hydrogen-bond donors (Lipinski definition) is 1. The monoisotopic (exact) mass is 310 g/mol. The van der Waals surface area contributed by atoms with E-state index in [0.29, 0.717) is 17.4 Å². The molecule has 0 aliphatic carbocycles. The first-order chi connectivity index (χ1) is 9.88. The van der Waals surface area contributed by atoms with Crippen LogP contribution in [0.1, 0.15) is 30.9 Å². The number of nitrogens with one attached hydrogen (secondary N) is 1. The molecular formula is C16H26N2O2S. The molecule has 1 fully saturated rings. The summed E-state index contributed by atoms with van der Waals surface area (Å²) in [4.78, 5) is 2.80. The Labute approximate surface area is 128 Å². The molecule has 0 bridgehead atoms. The molecular weight excluding hydrogens is 284 g/mol. The van der Waals surface area contributed by atoms with Crippen LogP contribution in [-0.2, 0) is 10.0 Å². The van der Waals surface area contributed by atoms with Crippen LogP contribution in [0.2, 0.25) is 0 Å². The average molecular weight is 310 g/mol. The van der Waals surface area contributed by atoms with Crippen molar-refractivity contribution >= 4 is 10.0 Å². The first kappa shape index (κ1) is 16.5. The van der Waals surface area contributed by atoms with Gasteiger partial charge in [-0.3, -0.25) is 0 Å². The van der Waals surface area contributed by atoms with Gasteiger partial charge in [-0.25, -0.2) is 13.1 Å². The van der Waals surface area contributed by atoms with E-state index in [4.69, 9.17) is 0 Å². The topological polar surface area (TPSA) is 49.4 Å². The van der Waals surface area contributed by atoms with E-state index in [-0.39, 0.29) is 0 Å². The normalized spacial score (nSPS) is 18.0. The van der Waals surface area contributed by atoms with E-state index in [1.165, 1.54) is 12.8 Å². The summed E-state index contributed by atoms with van der Waals surface area (Å²) in [6.45, 7) is 9.66. The van der Waals surface area contributed by atoms with Gasteiger partial charge in [0.05, 0.1) is 4.90 Å². The Morgan fingerprint density at radius 3 is 2.52 bits per heavy atom. The lowest BCUT2D eigenvalue weighted by Gasteiger charge is -2.20. The maximum absolute atomic E-state index is 12.4. The van der Waals surface area contributed by atoms with Crippen LogP contribution in [0.3, 0.4) is 0 Å². The van der Waals surface area contributed by atoms with E-state index in [1.54, 1.807) is 6.07 Å². The minimum Gasteiger partial charge on any atom is -0.303 e. The van der Waals surface area contributed by atoms with Crippen molar-refractivity contribution in [2.45, 2.75) is 38.5 Å². The summed E-state index contributed by atoms with van der Waals surface area (Å²) in [6.07, 6.45) is 2.53. The highest BCUT2D eigenvalue weighted by atomic mass is 32.2. The molecule has 21 heavy (non-hydrogen) atoms. The smallest absolute Gasteiger partial charge is 0.240 e. The number of aryl methyl sites for hydroxylation is 2. The van der Waals surface area contributed by atoms with Gasteiger partial charge in [0.1, 0.15) is 0 Å². The Morgan fingerprint density at radius 1 is 1.24 bits per heavy atom. The molecule has 0 spiro atoms. The zero-order chi connectivity index (χ0) is 15.5. The maximum atomic E-state index is 12.4. The van der Waals surface area contributed by atoms with Gasteiger partial charge in [-0.2, -0.15) is 0 Å². The molecule has 4 nitrogen and oxygen atoms in total. The number of sulfonamides is 1. The Hall–Kier alpha value is -0.910. The van der Waals surface area contributed by atoms with Crippen LogP contribution < -0.4 is 4.72 Å². The summed E-state index contributed by atoms with van der Waals surface area (Å²) in [5.74, 6) is 0.323. The predicted octanol–water partition coefficient (Wildman–Crippen LogP) is 2.31. The van der Waals surface area contributed by atoms with Crippen molar-refractivity contribution in [3.63, 3.8) is 0 Å². The molecule has 5 heteroatoms. The highest BCUT2D eigenvalue weighted by Crippen LogP contribution is 2.17. The second-order valence-corrected chi connectivity index (χ2v) is 7.97. The fourth-order valence-electron chi connectivity index (χ4n) is 2.90. The lowest BCUT2D eigenvalue weighted by molar-refractivity contribution is 0.288. The minimum atomic E-state index is -3.40. The largest absolute Gasteiger partial charge is 0.303 e. The van der Waals surface area contributed by atoms with Crippen molar-refractivity contribution in [2.24, 2.45) is 5.92 Å². The molecule has 1 N–H and O–H groups in total. The van der Waals surface area contributed by atoms with Crippen LogP contribution in [-0.4, -0.2) is 39.5 Å². The molecule has 2 rings (SSSR count). The van der Waals surface area contributed by atoms with E-state index >= 15 is 0 Å². The predicted molar refractivity (Wildman–Crippen MR) is 85.9 cm³/mol. The van der Waals surface area contributed by atoms with Gasteiger partial charge in [-0.05, 0) is 57.3 Å². The van der Waals surface area contributed by atoms with Gasteiger partial charge in [0, 0.05) is 13.1 Å². The van der Waals surface area contributed by atoms with Crippen molar-refractivity contribution in [1.82, 2.24) is 9.62 Å². The SMILES string of the molecule is Cc1ccc(S(=O)(=O)NCC(C)CN2CCCC2)c(C)c1. The van der Waals surface area contributed by atoms with Crippen molar-refractivity contribution < 1.29 is 8.42 Å². The lowest BCUT2D eigenvalue weighted by atomic mass is 10.2. The van der Waals surface area contributed by atoms with Gasteiger partial charge < -0.3 is 4.90 Å². The van der Waals surface area contributed by atoms with Crippen LogP contribution in [0.5, 0.6) is 0 Å². The summed E-state index contributed by atoms with van der Waals surface area (Å²) in [5, 5.41) is 0. The highest BCUT2D eigenvalue weighted by Gasteiger charge is 2.19. The number of rotatable bonds is 6. The van der Waals surface area contributed by atoms with Crippen molar-refractivity contribution in [2.75, 3.05) is 26.2 Å². The summed E-state index contributed by atoms with van der Waals surface area (Å²) < 4.78 is 27.5. The fraction of sp³-hybridized carbons (Fsp3) is 0.625. The van der Waals surface area contributed by atoms with E-state index in [1.807, 2.05) is 26.0 Å². The summed E-state index contributed by atoms with van der Waals surface area (Å²) in [6, 6.07) is 5.44. The number of benzene rings is 1. The zero-order valence-electron chi connectivity index (χ0n) is 13.2. The number of nitrogens with zero attached hydrogens (tertiary/aromatic N) is 1. The van der Waals surface area contributed by atoms with E-state index in [0.717, 1.165) is 30.8 Å². The van der Waals surface area contributed by atoms with Gasteiger partial charge >= 0.3 is 0 Å². The zero-order valence-corrected chi connectivity index (χ0v) is 14.0. The Morgan fingerprint density at radius 2 is 1.90 bits per heavy atom. The van der Waals surface area contributed by atoms with E-state index in [2.05, 4.69) is 16.5 Å². The molecule has 0 amide bonds. The molecule has 1 heterocycles. The van der Waals surface area contributed by atoms with Gasteiger partial charge in [0.2, 0.25) is 10.0 Å². The first-order valence-corrected chi connectivity index (χ1v) is 9.16. The van der Waals surface area contributed by atoms with E-state index in [9.17, 15) is 8.42 Å². The van der Waals surface area contributed by atoms with Crippen molar-refractivity contribution in [3.05, 3.63) is 29.3 Å². The summed E-state index contributed by atoms with van der Waals surface area (Å²) in [7, 11) is -3.40. The average Bonchev–Trinajstić information content (AvgIpc) is 2.89. The van der Waals surface area contributed by atoms with Gasteiger partial charge in [-0.1, -0.05) is 24.6 Å². The maximum Gasteiger partial charge on any atom is 0.240 e. The second kappa shape index (κ2) is 6.90. The Balaban J connectivity index is 1.94. The molecule has 1 atom stereocenters. The van der Waals surface area contributed by atoms with Crippen LogP contribution in [0.15, 0.2) is 23.1 Å². The summed E-state index contributed by atoms with van der Waals surface area (Å²) >= 11 is 0. The van der Waals surface area contributed by atoms with Crippen LogP contribution in [0.4, 0.5) is 0 Å². The van der Waals surface area contributed by atoms with E-state index < -0.39 is 10.0 Å². The lowest BCUT2D eigenvalue weighted by Crippen LogP contribution is -2.34. The number of likely N-dealkylation sites (tertiary alicyclic amines) is 1. The molecule has 1 aliphatic heterocycles. The van der Waals surface area contributed by atoms with Gasteiger partial charge in [0.15, 0.2) is 0 Å². The third-order valence-corrected chi connectivity index (χ3v) is 5.59. The molecule has 0 radical (unpaired) electrons. The molecule has 1 aromatic rings. The van der Waals surface area contributed by atoms with Gasteiger partial charge in [-0.15, -0.1) is 0 Å². The second-order valence-electron chi connectivity index (χ2n) is 6.23. The van der Waals surface area contributed by atoms with Crippen LogP contribution in [0.25, 0.3) is 0 Å². The third-order valence-electron chi connectivity index (χ3n) is 4.01. The van der Waals surface area contributed by atoms with Crippen molar-refractivity contribution in [3.8, 4) is 0 Å². The molecule has 1 aliphatic rings. The minimum absolute atomic E-state index is 0.323. The van der Waals surface area contributed by atoms with Gasteiger partial charge in [0.25, 0.3) is 0 Å². The Bertz CT molecular complexity index is 578. The molecule has 1 aromatic carbocycles. The third kappa shape index (κ3) is 4.53. The quantitative estimate of drug-likeness (QED) is 0.877. The molecule has 0 aromatic heterocycles. The molecule has 1 unspecified atom stereocenters. The highest BCUT2D eigenvalue weighted by molar-refractivity contribution is 7.89. The van der Waals surface area contributed by atoms with Crippen molar-refractivity contribution in [1.29, 1.82) is 0 Å². The molecule has 0 saturated carbocycles. The standard InChI is InChI=1S/C16H26N2O2S/c1-13-6-7-16(15(3)10-13)21(19,20)17-11-14(2)12-18-8-4-5-9-18/h6-7,10,14,17H,4-5,8-9,11-12H2,1-3H3. The van der Waals surface area contributed by atoms with Crippen LogP contribution >= 0.6 is 0 Å². The molecule has 1 saturated heterocycles. The molecule has 118 valence electrons. The Kier molecular flexibility index (Phi) is 5.41. The first-order valence-electron chi connectivity index (χ1n) is 7.68. The van der Waals surface area contributed by atoms with Crippen LogP contribution in [0, 0.1) is 19.8 Å². The fourth-order valence-corrected chi connectivity index (χ4v) is 4.29. The number of hydrogen-bond acceptors (Lipinski definition) is 3. The summed E-state index contributed by atoms with van der Waals surface area (Å²) in [5.41, 5.74) is 1.88.